The molecule has 0 amide bonds. The molecule has 2 N–H and O–H groups in total. The first-order valence-corrected chi connectivity index (χ1v) is 8.15. The van der Waals surface area contributed by atoms with Crippen LogP contribution in [-0.2, 0) is 12.0 Å². The Bertz CT molecular complexity index is 616. The van der Waals surface area contributed by atoms with E-state index in [4.69, 9.17) is 10.3 Å². The molecule has 1 fully saturated rings. The summed E-state index contributed by atoms with van der Waals surface area (Å²) in [7, 11) is 0. The van der Waals surface area contributed by atoms with Crippen molar-refractivity contribution in [2.75, 3.05) is 5.75 Å². The summed E-state index contributed by atoms with van der Waals surface area (Å²) in [6.07, 6.45) is 4.67. The molecule has 120 valence electrons. The van der Waals surface area contributed by atoms with Crippen LogP contribution in [0.4, 0.5) is 4.39 Å². The molecule has 1 aromatic carbocycles. The number of nitrogens with zero attached hydrogens (tertiary/aromatic N) is 2. The van der Waals surface area contributed by atoms with Gasteiger partial charge in [-0.25, -0.2) is 4.39 Å². The molecule has 2 aromatic rings. The first kappa shape index (κ1) is 17.2. The zero-order valence-electron chi connectivity index (χ0n) is 12.1. The molecule has 0 radical (unpaired) electrons. The first-order chi connectivity index (χ1) is 10.2. The smallest absolute Gasteiger partial charge is 0.227 e. The Balaban J connectivity index is 0.00000176. The third-order valence-electron chi connectivity index (χ3n) is 3.82. The zero-order valence-corrected chi connectivity index (χ0v) is 13.8. The van der Waals surface area contributed by atoms with Crippen LogP contribution >= 0.6 is 24.2 Å². The normalized spacial score (nSPS) is 16.5. The lowest BCUT2D eigenvalue weighted by Crippen LogP contribution is -2.34. The highest BCUT2D eigenvalue weighted by molar-refractivity contribution is 7.99. The van der Waals surface area contributed by atoms with E-state index in [-0.39, 0.29) is 18.2 Å². The van der Waals surface area contributed by atoms with Crippen molar-refractivity contribution in [1.82, 2.24) is 10.1 Å². The van der Waals surface area contributed by atoms with Gasteiger partial charge in [0.25, 0.3) is 0 Å². The maximum atomic E-state index is 13.5. The molecular formula is C15H19ClFN3OS. The summed E-state index contributed by atoms with van der Waals surface area (Å²) < 4.78 is 18.7. The lowest BCUT2D eigenvalue weighted by atomic mass is 9.99. The monoisotopic (exact) mass is 343 g/mol. The van der Waals surface area contributed by atoms with Crippen LogP contribution in [0.1, 0.15) is 37.4 Å². The van der Waals surface area contributed by atoms with Crippen LogP contribution in [0.2, 0.25) is 0 Å². The summed E-state index contributed by atoms with van der Waals surface area (Å²) in [5.41, 5.74) is 5.88. The second kappa shape index (κ2) is 7.44. The lowest BCUT2D eigenvalue weighted by molar-refractivity contribution is 0.351. The Morgan fingerprint density at radius 1 is 1.27 bits per heavy atom. The van der Waals surface area contributed by atoms with Gasteiger partial charge in [-0.1, -0.05) is 30.1 Å². The fourth-order valence-electron chi connectivity index (χ4n) is 2.60. The predicted molar refractivity (Wildman–Crippen MR) is 86.7 cm³/mol. The highest BCUT2D eigenvalue weighted by Crippen LogP contribution is 2.34. The highest BCUT2D eigenvalue weighted by Gasteiger charge is 2.35. The van der Waals surface area contributed by atoms with Crippen LogP contribution in [0.25, 0.3) is 0 Å². The summed E-state index contributed by atoms with van der Waals surface area (Å²) in [4.78, 5) is 5.05. The van der Waals surface area contributed by atoms with E-state index in [1.54, 1.807) is 12.1 Å². The molecule has 0 atom stereocenters. The van der Waals surface area contributed by atoms with Gasteiger partial charge in [0.2, 0.25) is 5.89 Å². The second-order valence-corrected chi connectivity index (χ2v) is 6.54. The summed E-state index contributed by atoms with van der Waals surface area (Å²) in [6, 6.07) is 6.75. The maximum absolute atomic E-state index is 13.5. The zero-order chi connectivity index (χ0) is 14.7. The van der Waals surface area contributed by atoms with Crippen LogP contribution < -0.4 is 5.73 Å². The molecule has 0 saturated heterocycles. The average Bonchev–Trinajstić information content (AvgIpc) is 3.11. The Morgan fingerprint density at radius 2 is 2.00 bits per heavy atom. The SMILES string of the molecule is Cl.NC1(c2noc(CCSc3ccccc3F)n2)CCCC1. The molecular weight excluding hydrogens is 325 g/mol. The number of halogens is 2. The number of thioether (sulfide) groups is 1. The van der Waals surface area contributed by atoms with Gasteiger partial charge in [0.1, 0.15) is 5.82 Å². The van der Waals surface area contributed by atoms with Gasteiger partial charge in [0.15, 0.2) is 5.82 Å². The van der Waals surface area contributed by atoms with Gasteiger partial charge < -0.3 is 10.3 Å². The summed E-state index contributed by atoms with van der Waals surface area (Å²) >= 11 is 1.45. The van der Waals surface area contributed by atoms with Gasteiger partial charge >= 0.3 is 0 Å². The predicted octanol–water partition coefficient (Wildman–Crippen LogP) is 3.69. The van der Waals surface area contributed by atoms with E-state index in [0.29, 0.717) is 28.8 Å². The number of hydrogen-bond donors (Lipinski definition) is 1. The molecule has 7 heteroatoms. The van der Waals surface area contributed by atoms with Gasteiger partial charge in [-0.15, -0.1) is 24.2 Å². The van der Waals surface area contributed by atoms with Crippen molar-refractivity contribution in [2.24, 2.45) is 5.73 Å². The van der Waals surface area contributed by atoms with Gasteiger partial charge in [-0.2, -0.15) is 4.98 Å². The number of rotatable bonds is 5. The molecule has 0 unspecified atom stereocenters. The van der Waals surface area contributed by atoms with Crippen molar-refractivity contribution in [3.63, 3.8) is 0 Å². The minimum atomic E-state index is -0.416. The molecule has 1 aliphatic rings. The number of hydrogen-bond acceptors (Lipinski definition) is 5. The van der Waals surface area contributed by atoms with E-state index in [1.807, 2.05) is 6.07 Å². The van der Waals surface area contributed by atoms with E-state index in [1.165, 1.54) is 17.8 Å². The van der Waals surface area contributed by atoms with Crippen LogP contribution in [0.5, 0.6) is 0 Å². The Labute approximate surface area is 139 Å². The van der Waals surface area contributed by atoms with Gasteiger partial charge in [0, 0.05) is 17.1 Å². The minimum Gasteiger partial charge on any atom is -0.339 e. The van der Waals surface area contributed by atoms with E-state index in [9.17, 15) is 4.39 Å². The molecule has 22 heavy (non-hydrogen) atoms. The fraction of sp³-hybridized carbons (Fsp3) is 0.467. The molecule has 0 spiro atoms. The summed E-state index contributed by atoms with van der Waals surface area (Å²) in [5, 5.41) is 4.02. The van der Waals surface area contributed by atoms with Crippen molar-refractivity contribution >= 4 is 24.2 Å². The van der Waals surface area contributed by atoms with E-state index < -0.39 is 5.54 Å². The Morgan fingerprint density at radius 3 is 2.73 bits per heavy atom. The van der Waals surface area contributed by atoms with Gasteiger partial charge in [-0.3, -0.25) is 0 Å². The molecule has 3 rings (SSSR count). The van der Waals surface area contributed by atoms with Crippen LogP contribution in [0, 0.1) is 5.82 Å². The molecule has 0 bridgehead atoms. The lowest BCUT2D eigenvalue weighted by Gasteiger charge is -2.17. The van der Waals surface area contributed by atoms with Crippen LogP contribution in [0.15, 0.2) is 33.7 Å². The molecule has 1 heterocycles. The third-order valence-corrected chi connectivity index (χ3v) is 4.87. The number of nitrogens with two attached hydrogens (primary N) is 1. The summed E-state index contributed by atoms with van der Waals surface area (Å²) in [5.74, 6) is 1.69. The number of benzene rings is 1. The molecule has 1 aromatic heterocycles. The van der Waals surface area contributed by atoms with Gasteiger partial charge in [-0.05, 0) is 25.0 Å². The van der Waals surface area contributed by atoms with E-state index >= 15 is 0 Å². The minimum absolute atomic E-state index is 0. The number of aryl methyl sites for hydroxylation is 1. The van der Waals surface area contributed by atoms with Crippen molar-refractivity contribution in [1.29, 1.82) is 0 Å². The average molecular weight is 344 g/mol. The fourth-order valence-corrected chi connectivity index (χ4v) is 3.48. The molecule has 1 aliphatic carbocycles. The standard InChI is InChI=1S/C15H18FN3OS.ClH/c16-11-5-1-2-6-12(11)21-10-7-13-18-14(19-20-13)15(17)8-3-4-9-15;/h1-2,5-6H,3-4,7-10,17H2;1H. The van der Waals surface area contributed by atoms with Crippen molar-refractivity contribution in [3.05, 3.63) is 41.8 Å². The maximum Gasteiger partial charge on any atom is 0.227 e. The topological polar surface area (TPSA) is 64.9 Å². The van der Waals surface area contributed by atoms with E-state index in [2.05, 4.69) is 10.1 Å². The van der Waals surface area contributed by atoms with Gasteiger partial charge in [0.05, 0.1) is 5.54 Å². The molecule has 0 aliphatic heterocycles. The second-order valence-electron chi connectivity index (χ2n) is 5.40. The van der Waals surface area contributed by atoms with E-state index in [0.717, 1.165) is 25.7 Å². The quantitative estimate of drug-likeness (QED) is 0.839. The number of aromatic nitrogens is 2. The van der Waals surface area contributed by atoms with Crippen LogP contribution in [-0.4, -0.2) is 15.9 Å². The Hall–Kier alpha value is -1.11. The molecule has 4 nitrogen and oxygen atoms in total. The van der Waals surface area contributed by atoms with Crippen molar-refractivity contribution in [3.8, 4) is 0 Å². The largest absolute Gasteiger partial charge is 0.339 e. The van der Waals surface area contributed by atoms with Crippen molar-refractivity contribution < 1.29 is 8.91 Å². The summed E-state index contributed by atoms with van der Waals surface area (Å²) in [6.45, 7) is 0. The van der Waals surface area contributed by atoms with Crippen molar-refractivity contribution in [2.45, 2.75) is 42.5 Å². The third kappa shape index (κ3) is 3.80. The Kier molecular flexibility index (Phi) is 5.83. The van der Waals surface area contributed by atoms with Crippen LogP contribution in [0.3, 0.4) is 0 Å². The molecule has 1 saturated carbocycles. The highest BCUT2D eigenvalue weighted by atomic mass is 35.5. The first-order valence-electron chi connectivity index (χ1n) is 7.17.